The van der Waals surface area contributed by atoms with Gasteiger partial charge in [0, 0.05) is 24.7 Å². The first-order valence-corrected chi connectivity index (χ1v) is 10.9. The summed E-state index contributed by atoms with van der Waals surface area (Å²) in [6, 6.07) is 17.4. The number of carbonyl (C=O) groups excluding carboxylic acids is 1. The van der Waals surface area contributed by atoms with Gasteiger partial charge in [0.25, 0.3) is 5.91 Å². The van der Waals surface area contributed by atoms with Crippen LogP contribution in [0, 0.1) is 6.92 Å². The maximum absolute atomic E-state index is 12.7. The fourth-order valence-corrected chi connectivity index (χ4v) is 4.92. The first-order valence-electron chi connectivity index (χ1n) is 9.49. The molecule has 8 heteroatoms. The highest BCUT2D eigenvalue weighted by Crippen LogP contribution is 2.22. The monoisotopic (exact) mass is 410 g/mol. The van der Waals surface area contributed by atoms with E-state index < -0.39 is 10.0 Å². The van der Waals surface area contributed by atoms with Gasteiger partial charge >= 0.3 is 0 Å². The number of hydrogen-bond acceptors (Lipinski definition) is 4. The van der Waals surface area contributed by atoms with E-state index in [1.807, 2.05) is 37.3 Å². The van der Waals surface area contributed by atoms with Crippen LogP contribution in [0.15, 0.2) is 65.6 Å². The van der Waals surface area contributed by atoms with Crippen molar-refractivity contribution in [3.05, 3.63) is 71.9 Å². The second-order valence-electron chi connectivity index (χ2n) is 7.01. The number of aryl methyl sites for hydroxylation is 1. The van der Waals surface area contributed by atoms with Gasteiger partial charge in [0.15, 0.2) is 0 Å². The molecule has 0 atom stereocenters. The molecule has 0 radical (unpaired) electrons. The molecule has 29 heavy (non-hydrogen) atoms. The molecule has 0 unspecified atom stereocenters. The Hall–Kier alpha value is -2.97. The normalized spacial score (nSPS) is 14.8. The molecule has 1 aliphatic rings. The van der Waals surface area contributed by atoms with Crippen LogP contribution >= 0.6 is 0 Å². The number of para-hydroxylation sites is 1. The highest BCUT2D eigenvalue weighted by Gasteiger charge is 2.27. The number of nitrogens with zero attached hydrogens (tertiary/aromatic N) is 3. The van der Waals surface area contributed by atoms with Crippen LogP contribution in [0.3, 0.4) is 0 Å². The Bertz CT molecular complexity index is 1120. The van der Waals surface area contributed by atoms with Crippen molar-refractivity contribution in [1.29, 1.82) is 0 Å². The number of amides is 1. The maximum atomic E-state index is 12.7. The van der Waals surface area contributed by atoms with Crippen molar-refractivity contribution in [2.75, 3.05) is 18.4 Å². The third kappa shape index (κ3) is 3.94. The number of rotatable bonds is 5. The van der Waals surface area contributed by atoms with Gasteiger partial charge in [-0.1, -0.05) is 18.2 Å². The molecule has 1 aliphatic heterocycles. The van der Waals surface area contributed by atoms with E-state index in [0.29, 0.717) is 24.5 Å². The minimum atomic E-state index is -3.49. The number of anilines is 1. The lowest BCUT2D eigenvalue weighted by Crippen LogP contribution is -2.27. The lowest BCUT2D eigenvalue weighted by atomic mass is 10.2. The van der Waals surface area contributed by atoms with Crippen LogP contribution in [0.4, 0.5) is 5.82 Å². The van der Waals surface area contributed by atoms with Crippen molar-refractivity contribution in [2.24, 2.45) is 0 Å². The fourth-order valence-electron chi connectivity index (χ4n) is 3.40. The van der Waals surface area contributed by atoms with Crippen LogP contribution in [0.5, 0.6) is 0 Å². The summed E-state index contributed by atoms with van der Waals surface area (Å²) in [5.74, 6) is 0.222. The average Bonchev–Trinajstić information content (AvgIpc) is 3.39. The summed E-state index contributed by atoms with van der Waals surface area (Å²) in [7, 11) is -3.49. The van der Waals surface area contributed by atoms with Gasteiger partial charge in [-0.3, -0.25) is 4.79 Å². The Morgan fingerprint density at radius 1 is 1.00 bits per heavy atom. The lowest BCUT2D eigenvalue weighted by molar-refractivity contribution is 0.102. The standard InChI is InChI=1S/C21H22N4O3S/c1-16-15-20(25(23-16)18-7-3-2-4-8-18)22-21(26)17-9-11-19(12-10-17)29(27,28)24-13-5-6-14-24/h2-4,7-12,15H,5-6,13-14H2,1H3,(H,22,26). The summed E-state index contributed by atoms with van der Waals surface area (Å²) in [6.45, 7) is 2.95. The van der Waals surface area contributed by atoms with Gasteiger partial charge in [0.05, 0.1) is 16.3 Å². The van der Waals surface area contributed by atoms with Crippen molar-refractivity contribution in [2.45, 2.75) is 24.7 Å². The zero-order valence-corrected chi connectivity index (χ0v) is 16.9. The molecule has 3 aromatic rings. The molecule has 1 N–H and O–H groups in total. The van der Waals surface area contributed by atoms with Gasteiger partial charge in [0.1, 0.15) is 5.82 Å². The van der Waals surface area contributed by atoms with Crippen LogP contribution in [-0.2, 0) is 10.0 Å². The molecule has 150 valence electrons. The van der Waals surface area contributed by atoms with E-state index in [4.69, 9.17) is 0 Å². The molecule has 0 bridgehead atoms. The number of carbonyl (C=O) groups is 1. The van der Waals surface area contributed by atoms with Crippen LogP contribution in [0.25, 0.3) is 5.69 Å². The third-order valence-corrected chi connectivity index (χ3v) is 6.81. The first-order chi connectivity index (χ1) is 13.9. The topological polar surface area (TPSA) is 84.3 Å². The predicted molar refractivity (Wildman–Crippen MR) is 111 cm³/mol. The molecular formula is C21H22N4O3S. The summed E-state index contributed by atoms with van der Waals surface area (Å²) < 4.78 is 28.4. The fraction of sp³-hybridized carbons (Fsp3) is 0.238. The van der Waals surface area contributed by atoms with Gasteiger partial charge in [-0.25, -0.2) is 13.1 Å². The molecule has 7 nitrogen and oxygen atoms in total. The molecule has 1 aromatic heterocycles. The van der Waals surface area contributed by atoms with Crippen molar-refractivity contribution < 1.29 is 13.2 Å². The smallest absolute Gasteiger partial charge is 0.256 e. The minimum Gasteiger partial charge on any atom is -0.306 e. The van der Waals surface area contributed by atoms with E-state index in [-0.39, 0.29) is 10.8 Å². The molecule has 2 heterocycles. The first kappa shape index (κ1) is 19.4. The second-order valence-corrected chi connectivity index (χ2v) is 8.95. The van der Waals surface area contributed by atoms with Gasteiger partial charge < -0.3 is 5.32 Å². The second kappa shape index (κ2) is 7.81. The molecule has 0 spiro atoms. The molecule has 1 saturated heterocycles. The Balaban J connectivity index is 1.54. The molecule has 0 saturated carbocycles. The summed E-state index contributed by atoms with van der Waals surface area (Å²) in [5.41, 5.74) is 1.99. The Morgan fingerprint density at radius 3 is 2.31 bits per heavy atom. The largest absolute Gasteiger partial charge is 0.306 e. The quantitative estimate of drug-likeness (QED) is 0.700. The van der Waals surface area contributed by atoms with Gasteiger partial charge in [-0.15, -0.1) is 0 Å². The summed E-state index contributed by atoms with van der Waals surface area (Å²) >= 11 is 0. The van der Waals surface area contributed by atoms with Crippen LogP contribution in [0.1, 0.15) is 28.9 Å². The van der Waals surface area contributed by atoms with Crippen molar-refractivity contribution in [3.63, 3.8) is 0 Å². The number of hydrogen-bond donors (Lipinski definition) is 1. The maximum Gasteiger partial charge on any atom is 0.256 e. The Labute approximate surface area is 170 Å². The highest BCUT2D eigenvalue weighted by molar-refractivity contribution is 7.89. The lowest BCUT2D eigenvalue weighted by Gasteiger charge is -2.15. The van der Waals surface area contributed by atoms with E-state index in [2.05, 4.69) is 10.4 Å². The minimum absolute atomic E-state index is 0.209. The van der Waals surface area contributed by atoms with Crippen molar-refractivity contribution in [1.82, 2.24) is 14.1 Å². The predicted octanol–water partition coefficient (Wildman–Crippen LogP) is 3.22. The molecular weight excluding hydrogens is 388 g/mol. The number of nitrogens with one attached hydrogen (secondary N) is 1. The molecule has 0 aliphatic carbocycles. The van der Waals surface area contributed by atoms with Gasteiger partial charge in [-0.2, -0.15) is 9.40 Å². The Morgan fingerprint density at radius 2 is 1.66 bits per heavy atom. The summed E-state index contributed by atoms with van der Waals surface area (Å²) in [6.07, 6.45) is 1.77. The number of aromatic nitrogens is 2. The zero-order chi connectivity index (χ0) is 20.4. The van der Waals surface area contributed by atoms with Gasteiger partial charge in [-0.05, 0) is 56.2 Å². The van der Waals surface area contributed by atoms with Crippen LogP contribution < -0.4 is 5.32 Å². The van der Waals surface area contributed by atoms with E-state index in [1.54, 1.807) is 10.7 Å². The highest BCUT2D eigenvalue weighted by atomic mass is 32.2. The van der Waals surface area contributed by atoms with Crippen molar-refractivity contribution >= 4 is 21.7 Å². The Kier molecular flexibility index (Phi) is 5.21. The number of sulfonamides is 1. The van der Waals surface area contributed by atoms with E-state index in [9.17, 15) is 13.2 Å². The van der Waals surface area contributed by atoms with E-state index >= 15 is 0 Å². The van der Waals surface area contributed by atoms with E-state index in [1.165, 1.54) is 28.6 Å². The van der Waals surface area contributed by atoms with Crippen LogP contribution in [0.2, 0.25) is 0 Å². The molecule has 2 aromatic carbocycles. The van der Waals surface area contributed by atoms with E-state index in [0.717, 1.165) is 24.2 Å². The molecule has 1 fully saturated rings. The summed E-state index contributed by atoms with van der Waals surface area (Å²) in [4.78, 5) is 12.9. The SMILES string of the molecule is Cc1cc(NC(=O)c2ccc(S(=O)(=O)N3CCCC3)cc2)n(-c2ccccc2)n1. The van der Waals surface area contributed by atoms with Crippen LogP contribution in [-0.4, -0.2) is 41.5 Å². The molecule has 1 amide bonds. The molecule has 4 rings (SSSR count). The van der Waals surface area contributed by atoms with Gasteiger partial charge in [0.2, 0.25) is 10.0 Å². The summed E-state index contributed by atoms with van der Waals surface area (Å²) in [5, 5.41) is 7.30. The zero-order valence-electron chi connectivity index (χ0n) is 16.1. The third-order valence-electron chi connectivity index (χ3n) is 4.89. The number of benzene rings is 2. The average molecular weight is 410 g/mol. The van der Waals surface area contributed by atoms with Crippen molar-refractivity contribution in [3.8, 4) is 5.69 Å².